The van der Waals surface area contributed by atoms with Crippen LogP contribution >= 0.6 is 15.9 Å². The zero-order valence-electron chi connectivity index (χ0n) is 3.16. The van der Waals surface area contributed by atoms with Crippen molar-refractivity contribution < 1.29 is 0 Å². The van der Waals surface area contributed by atoms with Crippen LogP contribution in [0.25, 0.3) is 0 Å². The lowest BCUT2D eigenvalue weighted by molar-refractivity contribution is 0.726. The van der Waals surface area contributed by atoms with Crippen LogP contribution in [0.15, 0.2) is 10.7 Å². The summed E-state index contributed by atoms with van der Waals surface area (Å²) >= 11 is 3.27. The van der Waals surface area contributed by atoms with Crippen molar-refractivity contribution >= 4 is 15.9 Å². The van der Waals surface area contributed by atoms with E-state index in [1.807, 2.05) is 6.20 Å². The van der Waals surface area contributed by atoms with Gasteiger partial charge in [-0.2, -0.15) is 0 Å². The predicted molar refractivity (Wildman–Crippen MR) is 28.1 cm³/mol. The summed E-state index contributed by atoms with van der Waals surface area (Å²) < 4.78 is 1.17. The Morgan fingerprint density at radius 2 is 2.67 bits per heavy atom. The lowest BCUT2D eigenvalue weighted by atomic mass is 10.7. The molecule has 0 aliphatic carbocycles. The first kappa shape index (κ1) is 4.15. The molecule has 0 amide bonds. The SMILES string of the molecule is BrC1=CNNC1. The highest BCUT2D eigenvalue weighted by Crippen LogP contribution is 2.02. The molecule has 1 rings (SSSR count). The van der Waals surface area contributed by atoms with Gasteiger partial charge in [0.05, 0.1) is 0 Å². The molecule has 0 radical (unpaired) electrons. The highest BCUT2D eigenvalue weighted by atomic mass is 79.9. The van der Waals surface area contributed by atoms with E-state index in [2.05, 4.69) is 26.8 Å². The first-order chi connectivity index (χ1) is 2.89. The molecule has 0 aromatic carbocycles. The Kier molecular flexibility index (Phi) is 1.12. The Labute approximate surface area is 44.7 Å². The molecular formula is C3H5BrN2. The van der Waals surface area contributed by atoms with Gasteiger partial charge in [-0.25, -0.2) is 5.43 Å². The molecule has 0 fully saturated rings. The second kappa shape index (κ2) is 1.62. The van der Waals surface area contributed by atoms with Gasteiger partial charge in [0.15, 0.2) is 0 Å². The molecule has 1 aliphatic heterocycles. The third-order valence-electron chi connectivity index (χ3n) is 0.588. The van der Waals surface area contributed by atoms with Crippen molar-refractivity contribution in [2.75, 3.05) is 6.54 Å². The fourth-order valence-corrected chi connectivity index (χ4v) is 0.570. The lowest BCUT2D eigenvalue weighted by Gasteiger charge is -1.84. The highest BCUT2D eigenvalue weighted by molar-refractivity contribution is 9.11. The molecule has 0 unspecified atom stereocenters. The number of nitrogens with one attached hydrogen (secondary N) is 2. The smallest absolute Gasteiger partial charge is 0.0479 e. The summed E-state index contributed by atoms with van der Waals surface area (Å²) in [6.45, 7) is 0.903. The number of halogens is 1. The van der Waals surface area contributed by atoms with E-state index in [9.17, 15) is 0 Å². The second-order valence-corrected chi connectivity index (χ2v) is 2.11. The standard InChI is InChI=1S/C3H5BrN2/c4-3-1-5-6-2-3/h1,5-6H,2H2. The summed E-state index contributed by atoms with van der Waals surface area (Å²) in [6.07, 6.45) is 1.88. The molecular weight excluding hydrogens is 144 g/mol. The van der Waals surface area contributed by atoms with Crippen molar-refractivity contribution in [1.29, 1.82) is 0 Å². The van der Waals surface area contributed by atoms with E-state index >= 15 is 0 Å². The normalized spacial score (nSPS) is 19.8. The van der Waals surface area contributed by atoms with E-state index in [0.29, 0.717) is 0 Å². The van der Waals surface area contributed by atoms with Crippen molar-refractivity contribution in [2.24, 2.45) is 0 Å². The van der Waals surface area contributed by atoms with Crippen LogP contribution in [0.1, 0.15) is 0 Å². The second-order valence-electron chi connectivity index (χ2n) is 1.09. The first-order valence-corrected chi connectivity index (χ1v) is 2.52. The monoisotopic (exact) mass is 148 g/mol. The summed E-state index contributed by atoms with van der Waals surface area (Å²) in [5.74, 6) is 0. The van der Waals surface area contributed by atoms with E-state index in [-0.39, 0.29) is 0 Å². The van der Waals surface area contributed by atoms with Gasteiger partial charge in [0.1, 0.15) is 0 Å². The van der Waals surface area contributed by atoms with Gasteiger partial charge in [0.2, 0.25) is 0 Å². The van der Waals surface area contributed by atoms with Gasteiger partial charge in [0.25, 0.3) is 0 Å². The summed E-state index contributed by atoms with van der Waals surface area (Å²) in [7, 11) is 0. The third-order valence-corrected chi connectivity index (χ3v) is 1.10. The highest BCUT2D eigenvalue weighted by Gasteiger charge is 1.93. The van der Waals surface area contributed by atoms with Crippen LogP contribution in [0.5, 0.6) is 0 Å². The van der Waals surface area contributed by atoms with Gasteiger partial charge in [-0.1, -0.05) is 15.9 Å². The predicted octanol–water partition coefficient (Wildman–Crippen LogP) is 0.330. The molecule has 0 saturated heterocycles. The molecule has 6 heavy (non-hydrogen) atoms. The first-order valence-electron chi connectivity index (χ1n) is 1.72. The minimum Gasteiger partial charge on any atom is -0.328 e. The fourth-order valence-electron chi connectivity index (χ4n) is 0.316. The van der Waals surface area contributed by atoms with Crippen molar-refractivity contribution in [3.63, 3.8) is 0 Å². The average molecular weight is 149 g/mol. The zero-order chi connectivity index (χ0) is 4.41. The Morgan fingerprint density at radius 3 is 2.83 bits per heavy atom. The summed E-state index contributed by atoms with van der Waals surface area (Å²) in [5.41, 5.74) is 5.70. The van der Waals surface area contributed by atoms with Crippen LogP contribution in [0, 0.1) is 0 Å². The zero-order valence-corrected chi connectivity index (χ0v) is 4.75. The van der Waals surface area contributed by atoms with Crippen LogP contribution in [0.2, 0.25) is 0 Å². The Morgan fingerprint density at radius 1 is 1.83 bits per heavy atom. The van der Waals surface area contributed by atoms with Crippen molar-refractivity contribution in [1.82, 2.24) is 10.9 Å². The molecule has 2 N–H and O–H groups in total. The maximum Gasteiger partial charge on any atom is 0.0479 e. The van der Waals surface area contributed by atoms with Crippen LogP contribution < -0.4 is 10.9 Å². The van der Waals surface area contributed by atoms with Gasteiger partial charge in [-0.05, 0) is 0 Å². The third kappa shape index (κ3) is 0.725. The molecule has 0 bridgehead atoms. The maximum absolute atomic E-state index is 3.27. The van der Waals surface area contributed by atoms with Crippen LogP contribution in [0.3, 0.4) is 0 Å². The topological polar surface area (TPSA) is 24.1 Å². The number of hydrogen-bond donors (Lipinski definition) is 2. The van der Waals surface area contributed by atoms with Crippen LogP contribution in [-0.4, -0.2) is 6.54 Å². The maximum atomic E-state index is 3.27. The number of hydrogen-bond acceptors (Lipinski definition) is 2. The van der Waals surface area contributed by atoms with E-state index in [1.165, 1.54) is 4.48 Å². The van der Waals surface area contributed by atoms with Crippen LogP contribution in [-0.2, 0) is 0 Å². The minimum absolute atomic E-state index is 0.903. The summed E-state index contributed by atoms with van der Waals surface area (Å²) in [4.78, 5) is 0. The van der Waals surface area contributed by atoms with Gasteiger partial charge in [-0.3, -0.25) is 0 Å². The van der Waals surface area contributed by atoms with Crippen molar-refractivity contribution in [3.05, 3.63) is 10.7 Å². The fraction of sp³-hybridized carbons (Fsp3) is 0.333. The van der Waals surface area contributed by atoms with Gasteiger partial charge >= 0.3 is 0 Å². The van der Waals surface area contributed by atoms with Gasteiger partial charge in [-0.15, -0.1) is 0 Å². The molecule has 0 aromatic heterocycles. The van der Waals surface area contributed by atoms with E-state index in [4.69, 9.17) is 0 Å². The van der Waals surface area contributed by atoms with Crippen molar-refractivity contribution in [3.8, 4) is 0 Å². The summed E-state index contributed by atoms with van der Waals surface area (Å²) in [5, 5.41) is 0. The molecule has 0 saturated carbocycles. The van der Waals surface area contributed by atoms with E-state index in [1.54, 1.807) is 0 Å². The molecule has 2 nitrogen and oxygen atoms in total. The lowest BCUT2D eigenvalue weighted by Crippen LogP contribution is -2.19. The number of rotatable bonds is 0. The Hall–Kier alpha value is -0.0200. The average Bonchev–Trinajstić information content (AvgIpc) is 1.86. The molecule has 0 spiro atoms. The molecule has 1 aliphatic rings. The quantitative estimate of drug-likeness (QED) is 0.518. The molecule has 3 heteroatoms. The van der Waals surface area contributed by atoms with Crippen molar-refractivity contribution in [2.45, 2.75) is 0 Å². The molecule has 0 atom stereocenters. The van der Waals surface area contributed by atoms with E-state index in [0.717, 1.165) is 6.54 Å². The Bertz CT molecular complexity index is 78.9. The molecule has 1 heterocycles. The minimum atomic E-state index is 0.903. The van der Waals surface area contributed by atoms with Gasteiger partial charge in [0, 0.05) is 17.2 Å². The molecule has 34 valence electrons. The largest absolute Gasteiger partial charge is 0.328 e. The summed E-state index contributed by atoms with van der Waals surface area (Å²) in [6, 6.07) is 0. The van der Waals surface area contributed by atoms with Gasteiger partial charge < -0.3 is 5.43 Å². The Balaban J connectivity index is 2.45. The van der Waals surface area contributed by atoms with E-state index < -0.39 is 0 Å². The van der Waals surface area contributed by atoms with Crippen LogP contribution in [0.4, 0.5) is 0 Å². The number of hydrazine groups is 1. The molecule has 0 aromatic rings.